The standard InChI is InChI=1S/C10H18N2S/c1-3-10(4-2,7-11)5-9-6-12-8-13-9/h6,8H,3-5,7,11H2,1-2H3. The Labute approximate surface area is 84.2 Å². The van der Waals surface area contributed by atoms with Crippen molar-refractivity contribution in [1.82, 2.24) is 4.98 Å². The molecule has 0 amide bonds. The van der Waals surface area contributed by atoms with Crippen LogP contribution in [0, 0.1) is 5.41 Å². The number of hydrogen-bond acceptors (Lipinski definition) is 3. The van der Waals surface area contributed by atoms with Crippen LogP contribution in [0.2, 0.25) is 0 Å². The number of hydrogen-bond donors (Lipinski definition) is 1. The van der Waals surface area contributed by atoms with Crippen molar-refractivity contribution < 1.29 is 0 Å². The normalized spacial score (nSPS) is 11.9. The highest BCUT2D eigenvalue weighted by atomic mass is 32.1. The average molecular weight is 198 g/mol. The summed E-state index contributed by atoms with van der Waals surface area (Å²) in [7, 11) is 0. The van der Waals surface area contributed by atoms with Crippen LogP contribution in [0.4, 0.5) is 0 Å². The van der Waals surface area contributed by atoms with Gasteiger partial charge in [-0.05, 0) is 31.2 Å². The van der Waals surface area contributed by atoms with E-state index in [1.807, 2.05) is 11.7 Å². The maximum absolute atomic E-state index is 5.83. The predicted molar refractivity (Wildman–Crippen MR) is 57.9 cm³/mol. The molecule has 1 rings (SSSR count). The second-order valence-electron chi connectivity index (χ2n) is 3.56. The van der Waals surface area contributed by atoms with Gasteiger partial charge in [0.15, 0.2) is 0 Å². The molecule has 1 aromatic heterocycles. The van der Waals surface area contributed by atoms with Crippen molar-refractivity contribution in [3.63, 3.8) is 0 Å². The van der Waals surface area contributed by atoms with E-state index < -0.39 is 0 Å². The first-order chi connectivity index (χ1) is 6.26. The molecule has 0 saturated heterocycles. The van der Waals surface area contributed by atoms with E-state index >= 15 is 0 Å². The zero-order chi connectivity index (χ0) is 9.73. The highest BCUT2D eigenvalue weighted by molar-refractivity contribution is 7.09. The molecule has 0 fully saturated rings. The summed E-state index contributed by atoms with van der Waals surface area (Å²) < 4.78 is 0. The highest BCUT2D eigenvalue weighted by Crippen LogP contribution is 2.30. The second kappa shape index (κ2) is 4.72. The molecular weight excluding hydrogens is 180 g/mol. The molecule has 0 unspecified atom stereocenters. The van der Waals surface area contributed by atoms with Crippen molar-refractivity contribution >= 4 is 11.3 Å². The molecule has 0 aromatic carbocycles. The first kappa shape index (κ1) is 10.7. The molecule has 0 bridgehead atoms. The van der Waals surface area contributed by atoms with Gasteiger partial charge >= 0.3 is 0 Å². The van der Waals surface area contributed by atoms with Gasteiger partial charge in [0.1, 0.15) is 0 Å². The molecule has 1 heterocycles. The van der Waals surface area contributed by atoms with Crippen molar-refractivity contribution in [2.24, 2.45) is 11.1 Å². The van der Waals surface area contributed by atoms with Gasteiger partial charge < -0.3 is 5.73 Å². The number of aromatic nitrogens is 1. The quantitative estimate of drug-likeness (QED) is 0.789. The molecule has 0 radical (unpaired) electrons. The summed E-state index contributed by atoms with van der Waals surface area (Å²) in [6.07, 6.45) is 5.34. The molecule has 3 heteroatoms. The van der Waals surface area contributed by atoms with Gasteiger partial charge in [0, 0.05) is 11.1 Å². The van der Waals surface area contributed by atoms with Gasteiger partial charge in [0.2, 0.25) is 0 Å². The molecule has 0 aliphatic heterocycles. The van der Waals surface area contributed by atoms with Gasteiger partial charge in [-0.25, -0.2) is 0 Å². The Morgan fingerprint density at radius 3 is 2.54 bits per heavy atom. The molecule has 0 saturated carbocycles. The summed E-state index contributed by atoms with van der Waals surface area (Å²) in [5, 5.41) is 0. The minimum atomic E-state index is 0.298. The molecule has 0 aliphatic carbocycles. The Kier molecular flexibility index (Phi) is 3.88. The van der Waals surface area contributed by atoms with E-state index in [1.54, 1.807) is 11.3 Å². The Balaban J connectivity index is 2.67. The zero-order valence-corrected chi connectivity index (χ0v) is 9.23. The van der Waals surface area contributed by atoms with E-state index in [1.165, 1.54) is 4.88 Å². The minimum absolute atomic E-state index is 0.298. The van der Waals surface area contributed by atoms with Crippen LogP contribution in [0.5, 0.6) is 0 Å². The molecule has 13 heavy (non-hydrogen) atoms. The fourth-order valence-electron chi connectivity index (χ4n) is 1.56. The van der Waals surface area contributed by atoms with Gasteiger partial charge in [-0.2, -0.15) is 0 Å². The van der Waals surface area contributed by atoms with Crippen LogP contribution in [0.3, 0.4) is 0 Å². The first-order valence-corrected chi connectivity index (χ1v) is 5.71. The smallest absolute Gasteiger partial charge is 0.0794 e. The Bertz CT molecular complexity index is 219. The lowest BCUT2D eigenvalue weighted by Crippen LogP contribution is -2.31. The van der Waals surface area contributed by atoms with Gasteiger partial charge in [0.25, 0.3) is 0 Å². The van der Waals surface area contributed by atoms with Crippen molar-refractivity contribution in [2.75, 3.05) is 6.54 Å². The number of thiazole rings is 1. The summed E-state index contributed by atoms with van der Waals surface area (Å²) in [5.41, 5.74) is 8.02. The maximum Gasteiger partial charge on any atom is 0.0794 e. The lowest BCUT2D eigenvalue weighted by Gasteiger charge is -2.29. The predicted octanol–water partition coefficient (Wildman–Crippen LogP) is 2.45. The van der Waals surface area contributed by atoms with Crippen LogP contribution in [-0.4, -0.2) is 11.5 Å². The first-order valence-electron chi connectivity index (χ1n) is 4.84. The Morgan fingerprint density at radius 2 is 2.15 bits per heavy atom. The third kappa shape index (κ3) is 2.51. The molecular formula is C10H18N2S. The van der Waals surface area contributed by atoms with Crippen LogP contribution in [0.1, 0.15) is 31.6 Å². The molecule has 2 nitrogen and oxygen atoms in total. The van der Waals surface area contributed by atoms with E-state index in [9.17, 15) is 0 Å². The van der Waals surface area contributed by atoms with Crippen molar-refractivity contribution in [1.29, 1.82) is 0 Å². The third-order valence-electron chi connectivity index (χ3n) is 2.97. The van der Waals surface area contributed by atoms with Crippen molar-refractivity contribution in [3.8, 4) is 0 Å². The van der Waals surface area contributed by atoms with Crippen LogP contribution < -0.4 is 5.73 Å². The molecule has 0 spiro atoms. The van der Waals surface area contributed by atoms with Crippen molar-refractivity contribution in [2.45, 2.75) is 33.1 Å². The topological polar surface area (TPSA) is 38.9 Å². The minimum Gasteiger partial charge on any atom is -0.330 e. The number of nitrogens with two attached hydrogens (primary N) is 1. The van der Waals surface area contributed by atoms with Gasteiger partial charge in [0.05, 0.1) is 5.51 Å². The monoisotopic (exact) mass is 198 g/mol. The number of rotatable bonds is 5. The second-order valence-corrected chi connectivity index (χ2v) is 4.53. The molecule has 0 aliphatic rings. The van der Waals surface area contributed by atoms with Crippen LogP contribution in [0.15, 0.2) is 11.7 Å². The SMILES string of the molecule is CCC(CC)(CN)Cc1cncs1. The Hall–Kier alpha value is -0.410. The van der Waals surface area contributed by atoms with E-state index in [0.717, 1.165) is 25.8 Å². The lowest BCUT2D eigenvalue weighted by molar-refractivity contribution is 0.273. The van der Waals surface area contributed by atoms with Crippen LogP contribution in [-0.2, 0) is 6.42 Å². The fourth-order valence-corrected chi connectivity index (χ4v) is 2.33. The molecule has 2 N–H and O–H groups in total. The van der Waals surface area contributed by atoms with E-state index in [4.69, 9.17) is 5.73 Å². The van der Waals surface area contributed by atoms with E-state index in [2.05, 4.69) is 18.8 Å². The van der Waals surface area contributed by atoms with Crippen LogP contribution in [0.25, 0.3) is 0 Å². The largest absolute Gasteiger partial charge is 0.330 e. The van der Waals surface area contributed by atoms with Gasteiger partial charge in [-0.3, -0.25) is 4.98 Å². The van der Waals surface area contributed by atoms with Crippen molar-refractivity contribution in [3.05, 3.63) is 16.6 Å². The van der Waals surface area contributed by atoms with E-state index in [-0.39, 0.29) is 0 Å². The maximum atomic E-state index is 5.83. The average Bonchev–Trinajstić information content (AvgIpc) is 2.67. The molecule has 0 atom stereocenters. The Morgan fingerprint density at radius 1 is 1.46 bits per heavy atom. The third-order valence-corrected chi connectivity index (χ3v) is 3.75. The molecule has 74 valence electrons. The molecule has 1 aromatic rings. The summed E-state index contributed by atoms with van der Waals surface area (Å²) in [6, 6.07) is 0. The van der Waals surface area contributed by atoms with Gasteiger partial charge in [-0.1, -0.05) is 13.8 Å². The summed E-state index contributed by atoms with van der Waals surface area (Å²) >= 11 is 1.73. The number of nitrogens with zero attached hydrogens (tertiary/aromatic N) is 1. The van der Waals surface area contributed by atoms with Crippen LogP contribution >= 0.6 is 11.3 Å². The highest BCUT2D eigenvalue weighted by Gasteiger charge is 2.25. The lowest BCUT2D eigenvalue weighted by atomic mass is 9.79. The zero-order valence-electron chi connectivity index (χ0n) is 8.42. The summed E-state index contributed by atoms with van der Waals surface area (Å²) in [6.45, 7) is 5.21. The van der Waals surface area contributed by atoms with E-state index in [0.29, 0.717) is 5.41 Å². The fraction of sp³-hybridized carbons (Fsp3) is 0.700. The van der Waals surface area contributed by atoms with Gasteiger partial charge in [-0.15, -0.1) is 11.3 Å². The summed E-state index contributed by atoms with van der Waals surface area (Å²) in [4.78, 5) is 5.44. The summed E-state index contributed by atoms with van der Waals surface area (Å²) in [5.74, 6) is 0.